The Hall–Kier alpha value is -1.16. The van der Waals surface area contributed by atoms with Crippen LogP contribution in [-0.2, 0) is 21.8 Å². The second-order valence-electron chi connectivity index (χ2n) is 3.29. The first-order valence-corrected chi connectivity index (χ1v) is 6.43. The van der Waals surface area contributed by atoms with E-state index in [1.807, 2.05) is 0 Å². The minimum Gasteiger partial charge on any atom is -0.394 e. The fraction of sp³-hybridized carbons (Fsp3) is 0.625. The first-order chi connectivity index (χ1) is 7.97. The van der Waals surface area contributed by atoms with Crippen molar-refractivity contribution in [3.05, 3.63) is 6.20 Å². The van der Waals surface area contributed by atoms with E-state index in [9.17, 15) is 8.42 Å². The van der Waals surface area contributed by atoms with Crippen LogP contribution < -0.4 is 10.5 Å². The van der Waals surface area contributed by atoms with Crippen molar-refractivity contribution in [2.45, 2.75) is 4.90 Å². The van der Waals surface area contributed by atoms with E-state index in [4.69, 9.17) is 15.6 Å². The molecule has 0 radical (unpaired) electrons. The number of anilines is 1. The van der Waals surface area contributed by atoms with Gasteiger partial charge in [0.25, 0.3) is 0 Å². The third-order valence-electron chi connectivity index (χ3n) is 1.89. The van der Waals surface area contributed by atoms with Gasteiger partial charge < -0.3 is 15.6 Å². The number of ether oxygens (including phenoxy) is 1. The van der Waals surface area contributed by atoms with Crippen molar-refractivity contribution in [3.63, 3.8) is 0 Å². The fourth-order valence-electron chi connectivity index (χ4n) is 1.18. The lowest BCUT2D eigenvalue weighted by atomic mass is 10.7. The van der Waals surface area contributed by atoms with Crippen molar-refractivity contribution in [2.24, 2.45) is 7.05 Å². The lowest BCUT2D eigenvalue weighted by Crippen LogP contribution is -2.28. The summed E-state index contributed by atoms with van der Waals surface area (Å²) in [6.07, 6.45) is 1.33. The van der Waals surface area contributed by atoms with Crippen molar-refractivity contribution in [1.82, 2.24) is 14.5 Å². The van der Waals surface area contributed by atoms with Gasteiger partial charge in [0, 0.05) is 19.8 Å². The summed E-state index contributed by atoms with van der Waals surface area (Å²) >= 11 is 0. The van der Waals surface area contributed by atoms with Gasteiger partial charge in [-0.2, -0.15) is 5.10 Å². The molecule has 0 saturated carbocycles. The van der Waals surface area contributed by atoms with Crippen LogP contribution in [0.2, 0.25) is 0 Å². The summed E-state index contributed by atoms with van der Waals surface area (Å²) < 4.78 is 32.1. The zero-order valence-electron chi connectivity index (χ0n) is 9.46. The van der Waals surface area contributed by atoms with E-state index in [0.717, 1.165) is 0 Å². The van der Waals surface area contributed by atoms with Gasteiger partial charge in [-0.25, -0.2) is 13.1 Å². The van der Waals surface area contributed by atoms with Crippen LogP contribution in [0.3, 0.4) is 0 Å². The monoisotopic (exact) mass is 264 g/mol. The molecule has 0 aliphatic heterocycles. The number of aryl methyl sites for hydroxylation is 1. The largest absolute Gasteiger partial charge is 0.394 e. The molecule has 1 rings (SSSR count). The van der Waals surface area contributed by atoms with Crippen LogP contribution in [0, 0.1) is 0 Å². The summed E-state index contributed by atoms with van der Waals surface area (Å²) in [4.78, 5) is -0.0536. The van der Waals surface area contributed by atoms with Crippen LogP contribution in [0.5, 0.6) is 0 Å². The number of aliphatic hydroxyl groups excluding tert-OH is 1. The standard InChI is InChI=1S/C8H16N4O4S/c1-12-6-7(8(9)11-12)17(14,15)10-2-4-16-5-3-13/h6,10,13H,2-5H2,1H3,(H2,9,11). The highest BCUT2D eigenvalue weighted by atomic mass is 32.2. The molecule has 9 heteroatoms. The second-order valence-corrected chi connectivity index (χ2v) is 5.02. The van der Waals surface area contributed by atoms with Gasteiger partial charge in [0.15, 0.2) is 5.82 Å². The van der Waals surface area contributed by atoms with Gasteiger partial charge in [0.2, 0.25) is 10.0 Å². The summed E-state index contributed by atoms with van der Waals surface area (Å²) in [7, 11) is -2.08. The number of nitrogen functional groups attached to an aromatic ring is 1. The Kier molecular flexibility index (Phi) is 4.87. The summed E-state index contributed by atoms with van der Waals surface area (Å²) in [5.41, 5.74) is 5.46. The Labute approximate surface area is 99.4 Å². The predicted octanol–water partition coefficient (Wildman–Crippen LogP) is -1.71. The van der Waals surface area contributed by atoms with E-state index in [0.29, 0.717) is 0 Å². The number of sulfonamides is 1. The third-order valence-corrected chi connectivity index (χ3v) is 3.36. The molecule has 0 aromatic carbocycles. The SMILES string of the molecule is Cn1cc(S(=O)(=O)NCCOCCO)c(N)n1. The molecule has 1 heterocycles. The first kappa shape index (κ1) is 13.9. The number of nitrogens with zero attached hydrogens (tertiary/aromatic N) is 2. The maximum Gasteiger partial charge on any atom is 0.245 e. The highest BCUT2D eigenvalue weighted by Gasteiger charge is 2.19. The van der Waals surface area contributed by atoms with E-state index in [1.54, 1.807) is 7.05 Å². The van der Waals surface area contributed by atoms with Crippen molar-refractivity contribution in [1.29, 1.82) is 0 Å². The van der Waals surface area contributed by atoms with Crippen LogP contribution >= 0.6 is 0 Å². The molecule has 0 fully saturated rings. The van der Waals surface area contributed by atoms with Gasteiger partial charge in [-0.1, -0.05) is 0 Å². The Morgan fingerprint density at radius 3 is 2.82 bits per heavy atom. The van der Waals surface area contributed by atoms with E-state index in [1.165, 1.54) is 10.9 Å². The molecule has 1 aromatic heterocycles. The highest BCUT2D eigenvalue weighted by Crippen LogP contribution is 2.14. The van der Waals surface area contributed by atoms with Crippen molar-refractivity contribution in [2.75, 3.05) is 32.1 Å². The molecule has 0 aliphatic carbocycles. The third kappa shape index (κ3) is 3.97. The quantitative estimate of drug-likeness (QED) is 0.504. The van der Waals surface area contributed by atoms with Crippen molar-refractivity contribution in [3.8, 4) is 0 Å². The summed E-state index contributed by atoms with van der Waals surface area (Å²) in [5, 5.41) is 12.2. The molecular formula is C8H16N4O4S. The lowest BCUT2D eigenvalue weighted by molar-refractivity contribution is 0.0961. The number of nitrogens with one attached hydrogen (secondary N) is 1. The van der Waals surface area contributed by atoms with Crippen molar-refractivity contribution >= 4 is 15.8 Å². The number of nitrogens with two attached hydrogens (primary N) is 1. The molecule has 98 valence electrons. The van der Waals surface area contributed by atoms with Gasteiger partial charge in [-0.15, -0.1) is 0 Å². The molecule has 0 saturated heterocycles. The van der Waals surface area contributed by atoms with Crippen molar-refractivity contribution < 1.29 is 18.3 Å². The minimum absolute atomic E-state index is 0.0451. The molecule has 0 aliphatic rings. The maximum atomic E-state index is 11.7. The molecule has 0 spiro atoms. The number of rotatable bonds is 7. The number of aromatic nitrogens is 2. The molecule has 8 nitrogen and oxygen atoms in total. The molecule has 1 aromatic rings. The summed E-state index contributed by atoms with van der Waals surface area (Å²) in [5.74, 6) is -0.0451. The van der Waals surface area contributed by atoms with Gasteiger partial charge in [-0.3, -0.25) is 4.68 Å². The van der Waals surface area contributed by atoms with E-state index < -0.39 is 10.0 Å². The van der Waals surface area contributed by atoms with Crippen LogP contribution in [0.4, 0.5) is 5.82 Å². The molecular weight excluding hydrogens is 248 g/mol. The average Bonchev–Trinajstić information content (AvgIpc) is 2.58. The van der Waals surface area contributed by atoms with Gasteiger partial charge in [0.1, 0.15) is 4.90 Å². The summed E-state index contributed by atoms with van der Waals surface area (Å²) in [6.45, 7) is 0.371. The normalized spacial score (nSPS) is 11.9. The van der Waals surface area contributed by atoms with E-state index in [-0.39, 0.29) is 37.1 Å². The Morgan fingerprint density at radius 2 is 2.29 bits per heavy atom. The minimum atomic E-state index is -3.66. The van der Waals surface area contributed by atoms with Crippen LogP contribution in [0.25, 0.3) is 0 Å². The lowest BCUT2D eigenvalue weighted by Gasteiger charge is -2.05. The number of aliphatic hydroxyl groups is 1. The molecule has 0 amide bonds. The maximum absolute atomic E-state index is 11.7. The van der Waals surface area contributed by atoms with Gasteiger partial charge in [-0.05, 0) is 0 Å². The Morgan fingerprint density at radius 1 is 1.59 bits per heavy atom. The van der Waals surface area contributed by atoms with E-state index >= 15 is 0 Å². The van der Waals surface area contributed by atoms with Gasteiger partial charge >= 0.3 is 0 Å². The molecule has 0 bridgehead atoms. The average molecular weight is 264 g/mol. The van der Waals surface area contributed by atoms with Crippen LogP contribution in [0.1, 0.15) is 0 Å². The Bertz CT molecular complexity index is 456. The van der Waals surface area contributed by atoms with Crippen LogP contribution in [0.15, 0.2) is 11.1 Å². The molecule has 4 N–H and O–H groups in total. The molecule has 17 heavy (non-hydrogen) atoms. The van der Waals surface area contributed by atoms with E-state index in [2.05, 4.69) is 9.82 Å². The zero-order valence-corrected chi connectivity index (χ0v) is 10.3. The first-order valence-electron chi connectivity index (χ1n) is 4.95. The summed E-state index contributed by atoms with van der Waals surface area (Å²) in [6, 6.07) is 0. The molecule has 0 unspecified atom stereocenters. The topological polar surface area (TPSA) is 119 Å². The smallest absolute Gasteiger partial charge is 0.245 e. The second kappa shape index (κ2) is 5.96. The van der Waals surface area contributed by atoms with Crippen LogP contribution in [-0.4, -0.2) is 49.7 Å². The number of hydrogen-bond acceptors (Lipinski definition) is 6. The number of hydrogen-bond donors (Lipinski definition) is 3. The molecule has 0 atom stereocenters. The predicted molar refractivity (Wildman–Crippen MR) is 60.7 cm³/mol. The Balaban J connectivity index is 2.54. The van der Waals surface area contributed by atoms with Gasteiger partial charge in [0.05, 0.1) is 19.8 Å². The highest BCUT2D eigenvalue weighted by molar-refractivity contribution is 7.89. The fourth-order valence-corrected chi connectivity index (χ4v) is 2.30. The zero-order chi connectivity index (χ0) is 12.9.